The molecule has 0 aliphatic carbocycles. The van der Waals surface area contributed by atoms with Gasteiger partial charge in [-0.25, -0.2) is 4.98 Å². The van der Waals surface area contributed by atoms with Gasteiger partial charge in [-0.05, 0) is 31.9 Å². The van der Waals surface area contributed by atoms with Crippen molar-refractivity contribution in [2.75, 3.05) is 13.2 Å². The number of aryl methyl sites for hydroxylation is 1. The van der Waals surface area contributed by atoms with Crippen LogP contribution in [0.4, 0.5) is 0 Å². The van der Waals surface area contributed by atoms with Crippen molar-refractivity contribution >= 4 is 43.2 Å². The Hall–Kier alpha value is -2.43. The maximum Gasteiger partial charge on any atom is 0.369 e. The Labute approximate surface area is 207 Å². The fourth-order valence-corrected chi connectivity index (χ4v) is 6.11. The van der Waals surface area contributed by atoms with Crippen LogP contribution >= 0.6 is 15.2 Å². The van der Waals surface area contributed by atoms with Gasteiger partial charge in [-0.15, -0.1) is 0 Å². The van der Waals surface area contributed by atoms with Crippen LogP contribution in [0, 0.1) is 0 Å². The van der Waals surface area contributed by atoms with Gasteiger partial charge in [0.1, 0.15) is 12.1 Å². The summed E-state index contributed by atoms with van der Waals surface area (Å²) in [7, 11) is -11.0. The molecule has 1 amide bonds. The number of nitrogens with zero attached hydrogens (tertiary/aromatic N) is 2. The van der Waals surface area contributed by atoms with Crippen LogP contribution < -0.4 is 14.6 Å². The predicted molar refractivity (Wildman–Crippen MR) is 131 cm³/mol. The quantitative estimate of drug-likeness (QED) is 0.0851. The van der Waals surface area contributed by atoms with Crippen LogP contribution in [0.1, 0.15) is 32.6 Å². The summed E-state index contributed by atoms with van der Waals surface area (Å²) < 4.78 is 30.7. The van der Waals surface area contributed by atoms with Crippen LogP contribution in [-0.4, -0.2) is 53.8 Å². The molecule has 1 aromatic heterocycles. The van der Waals surface area contributed by atoms with Crippen molar-refractivity contribution in [3.63, 3.8) is 0 Å². The molecule has 0 radical (unpaired) electrons. The second-order valence-corrected chi connectivity index (χ2v) is 12.2. The third-order valence-corrected chi connectivity index (χ3v) is 9.62. The molecule has 0 aliphatic heterocycles. The van der Waals surface area contributed by atoms with Crippen molar-refractivity contribution < 1.29 is 47.9 Å². The molecule has 1 heterocycles. The zero-order chi connectivity index (χ0) is 26.6. The van der Waals surface area contributed by atoms with Crippen LogP contribution in [0.25, 0.3) is 22.1 Å². The summed E-state index contributed by atoms with van der Waals surface area (Å²) in [4.78, 5) is 53.3. The lowest BCUT2D eigenvalue weighted by molar-refractivity contribution is -0.641. The molecule has 196 valence electrons. The summed E-state index contributed by atoms with van der Waals surface area (Å²) in [5.41, 5.74) is 3.50. The van der Waals surface area contributed by atoms with E-state index in [1.54, 1.807) is 0 Å². The van der Waals surface area contributed by atoms with E-state index in [0.29, 0.717) is 17.7 Å². The Morgan fingerprint density at radius 2 is 1.69 bits per heavy atom. The summed E-state index contributed by atoms with van der Waals surface area (Å²) in [5, 5.41) is 8.85. The number of benzene rings is 2. The molecule has 3 rings (SSSR count). The van der Waals surface area contributed by atoms with Crippen molar-refractivity contribution in [2.45, 2.75) is 44.2 Å². The number of hydrogen-bond donors (Lipinski definition) is 6. The van der Waals surface area contributed by atoms with E-state index in [1.165, 1.54) is 0 Å². The Morgan fingerprint density at radius 1 is 1.03 bits per heavy atom. The van der Waals surface area contributed by atoms with Gasteiger partial charge in [0, 0.05) is 31.5 Å². The van der Waals surface area contributed by atoms with Crippen molar-refractivity contribution in [1.29, 1.82) is 0 Å². The number of aromatic nitrogens is 2. The predicted octanol–water partition coefficient (Wildman–Crippen LogP) is 1.75. The molecular weight excluding hydrogens is 512 g/mol. The van der Waals surface area contributed by atoms with Crippen LogP contribution in [-0.2, 0) is 20.5 Å². The monoisotopic (exact) mass is 542 g/mol. The van der Waals surface area contributed by atoms with Crippen LogP contribution in [0.3, 0.4) is 0 Å². The summed E-state index contributed by atoms with van der Waals surface area (Å²) in [5.74, 6) is 0.218. The number of aliphatic hydroxyl groups is 1. The van der Waals surface area contributed by atoms with E-state index >= 15 is 0 Å². The summed E-state index contributed by atoms with van der Waals surface area (Å²) >= 11 is 0. The molecule has 3 aromatic rings. The zero-order valence-electron chi connectivity index (χ0n) is 19.6. The molecule has 0 aliphatic rings. The largest absolute Gasteiger partial charge is 0.491 e. The highest BCUT2D eigenvalue weighted by molar-refractivity contribution is 7.72. The van der Waals surface area contributed by atoms with E-state index in [0.717, 1.165) is 23.1 Å². The molecule has 0 fully saturated rings. The molecule has 0 unspecified atom stereocenters. The molecule has 0 saturated heterocycles. The zero-order valence-corrected chi connectivity index (χ0v) is 21.4. The first-order chi connectivity index (χ1) is 16.9. The number of para-hydroxylation sites is 3. The molecule has 14 heteroatoms. The lowest BCUT2D eigenvalue weighted by Gasteiger charge is -2.29. The number of rotatable bonds is 12. The maximum atomic E-state index is 12.1. The second-order valence-electron chi connectivity index (χ2n) is 8.24. The molecular formula is C22H30N3O9P2+. The Morgan fingerprint density at radius 3 is 2.36 bits per heavy atom. The van der Waals surface area contributed by atoms with Gasteiger partial charge in [0.05, 0.1) is 6.61 Å². The summed E-state index contributed by atoms with van der Waals surface area (Å²) in [6, 6.07) is 13.5. The molecule has 2 aromatic carbocycles. The number of nitrogens with one attached hydrogen (secondary N) is 1. The topological polar surface area (TPSA) is 190 Å². The standard InChI is InChI=1S/C22H29N3O9P2/c1-2-25-17-9-4-3-8-16(17)24-21-18(25)10-5-11-19(21)34-15-6-12-20(26)23-14-7-13-22(27,35(28,29)30)36(31,32)33/h3-5,8-11,27H,2,6-7,12-15H2,1H3,(H4-,23,26,28,29,30,31,32,33)/p+1. The molecule has 0 bridgehead atoms. The lowest BCUT2D eigenvalue weighted by Crippen LogP contribution is -2.34. The first-order valence-corrected chi connectivity index (χ1v) is 14.6. The van der Waals surface area contributed by atoms with Gasteiger partial charge in [-0.3, -0.25) is 13.9 Å². The average molecular weight is 542 g/mol. The fourth-order valence-electron chi connectivity index (χ4n) is 3.85. The molecule has 36 heavy (non-hydrogen) atoms. The minimum absolute atomic E-state index is 0.0946. The Kier molecular flexibility index (Phi) is 8.84. The SMILES string of the molecule is CC[n+]1c2ccccc2nc2c(OCCCC(=O)NCCCC(O)(P(=O)(O)O)P(=O)(O)O)cccc21. The number of carbonyl (C=O) groups excluding carboxylic acids is 1. The normalized spacial score (nSPS) is 12.7. The smallest absolute Gasteiger partial charge is 0.369 e. The van der Waals surface area contributed by atoms with Crippen molar-refractivity contribution in [3.05, 3.63) is 42.5 Å². The van der Waals surface area contributed by atoms with Crippen LogP contribution in [0.15, 0.2) is 42.5 Å². The molecule has 0 saturated carbocycles. The van der Waals surface area contributed by atoms with E-state index < -0.39 is 26.7 Å². The number of carbonyl (C=O) groups is 1. The van der Waals surface area contributed by atoms with Gasteiger partial charge in [0.2, 0.25) is 16.9 Å². The molecule has 0 atom stereocenters. The molecule has 12 nitrogen and oxygen atoms in total. The van der Waals surface area contributed by atoms with Gasteiger partial charge in [-0.1, -0.05) is 18.2 Å². The summed E-state index contributed by atoms with van der Waals surface area (Å²) in [6.07, 6.45) is -0.663. The molecule has 0 spiro atoms. The van der Waals surface area contributed by atoms with Gasteiger partial charge in [0.15, 0.2) is 11.3 Å². The fraction of sp³-hybridized carbons (Fsp3) is 0.409. The van der Waals surface area contributed by atoms with Crippen molar-refractivity contribution in [1.82, 2.24) is 10.3 Å². The highest BCUT2D eigenvalue weighted by Crippen LogP contribution is 2.69. The van der Waals surface area contributed by atoms with E-state index in [2.05, 4.69) is 16.8 Å². The highest BCUT2D eigenvalue weighted by atomic mass is 31.2. The second kappa shape index (κ2) is 11.3. The van der Waals surface area contributed by atoms with Crippen LogP contribution in [0.5, 0.6) is 5.75 Å². The van der Waals surface area contributed by atoms with Crippen molar-refractivity contribution in [2.24, 2.45) is 0 Å². The van der Waals surface area contributed by atoms with Gasteiger partial charge in [-0.2, -0.15) is 4.57 Å². The third-order valence-electron chi connectivity index (χ3n) is 5.74. The Bertz CT molecular complexity index is 1320. The summed E-state index contributed by atoms with van der Waals surface area (Å²) in [6.45, 7) is 2.92. The minimum atomic E-state index is -5.50. The van der Waals surface area contributed by atoms with E-state index in [1.807, 2.05) is 42.5 Å². The van der Waals surface area contributed by atoms with E-state index in [4.69, 9.17) is 29.3 Å². The van der Waals surface area contributed by atoms with Gasteiger partial charge < -0.3 is 34.7 Å². The lowest BCUT2D eigenvalue weighted by atomic mass is 10.2. The third kappa shape index (κ3) is 6.10. The number of hydrogen-bond acceptors (Lipinski definition) is 6. The van der Waals surface area contributed by atoms with Crippen LogP contribution in [0.2, 0.25) is 0 Å². The number of amides is 1. The first kappa shape index (κ1) is 28.1. The minimum Gasteiger partial charge on any atom is -0.491 e. The number of fused-ring (bicyclic) bond motifs is 2. The average Bonchev–Trinajstić information content (AvgIpc) is 2.81. The molecule has 6 N–H and O–H groups in total. The van der Waals surface area contributed by atoms with E-state index in [9.17, 15) is 19.0 Å². The Balaban J connectivity index is 1.52. The first-order valence-electron chi connectivity index (χ1n) is 11.3. The highest BCUT2D eigenvalue weighted by Gasteiger charge is 2.58. The van der Waals surface area contributed by atoms with Crippen molar-refractivity contribution in [3.8, 4) is 5.75 Å². The van der Waals surface area contributed by atoms with Gasteiger partial charge in [0.25, 0.3) is 5.08 Å². The van der Waals surface area contributed by atoms with E-state index in [-0.39, 0.29) is 31.9 Å². The van der Waals surface area contributed by atoms with Gasteiger partial charge >= 0.3 is 15.2 Å². The number of ether oxygens (including phenoxy) is 1. The maximum absolute atomic E-state index is 12.1.